The van der Waals surface area contributed by atoms with Crippen LogP contribution < -0.4 is 5.32 Å². The zero-order chi connectivity index (χ0) is 8.93. The molecule has 13 heavy (non-hydrogen) atoms. The summed E-state index contributed by atoms with van der Waals surface area (Å²) in [6, 6.07) is 5.83. The fourth-order valence-electron chi connectivity index (χ4n) is 0.919. The Kier molecular flexibility index (Phi) is 2.47. The van der Waals surface area contributed by atoms with E-state index in [0.717, 1.165) is 10.8 Å². The van der Waals surface area contributed by atoms with Gasteiger partial charge in [-0.05, 0) is 12.1 Å². The van der Waals surface area contributed by atoms with Crippen LogP contribution >= 0.6 is 11.3 Å². The van der Waals surface area contributed by atoms with Crippen molar-refractivity contribution in [2.45, 2.75) is 6.54 Å². The molecule has 0 unspecified atom stereocenters. The average Bonchev–Trinajstić information content (AvgIpc) is 2.69. The first-order valence-electron chi connectivity index (χ1n) is 3.85. The van der Waals surface area contributed by atoms with Crippen LogP contribution in [0.1, 0.15) is 5.69 Å². The van der Waals surface area contributed by atoms with E-state index in [1.54, 1.807) is 11.7 Å². The van der Waals surface area contributed by atoms with Gasteiger partial charge in [0.25, 0.3) is 0 Å². The molecule has 0 saturated heterocycles. The van der Waals surface area contributed by atoms with E-state index in [1.165, 1.54) is 11.3 Å². The van der Waals surface area contributed by atoms with E-state index >= 15 is 0 Å². The molecule has 0 amide bonds. The summed E-state index contributed by atoms with van der Waals surface area (Å²) >= 11 is 1.48. The topological polar surface area (TPSA) is 50.7 Å². The zero-order valence-electron chi connectivity index (χ0n) is 6.84. The maximum Gasteiger partial charge on any atom is 0.205 e. The molecule has 0 radical (unpaired) electrons. The Morgan fingerprint density at radius 3 is 3.08 bits per heavy atom. The van der Waals surface area contributed by atoms with E-state index in [2.05, 4.69) is 20.5 Å². The van der Waals surface area contributed by atoms with Crippen LogP contribution in [-0.4, -0.2) is 15.2 Å². The Bertz CT molecular complexity index is 346. The highest BCUT2D eigenvalue weighted by Gasteiger charge is 1.95. The van der Waals surface area contributed by atoms with Crippen LogP contribution in [-0.2, 0) is 6.54 Å². The molecule has 2 aromatic heterocycles. The lowest BCUT2D eigenvalue weighted by atomic mass is 10.3. The number of pyridine rings is 1. The fourth-order valence-corrected chi connectivity index (χ4v) is 1.36. The molecule has 66 valence electrons. The maximum atomic E-state index is 4.17. The van der Waals surface area contributed by atoms with Crippen LogP contribution in [0.5, 0.6) is 0 Å². The van der Waals surface area contributed by atoms with Crippen molar-refractivity contribution in [3.63, 3.8) is 0 Å². The summed E-state index contributed by atoms with van der Waals surface area (Å²) < 4.78 is 0. The van der Waals surface area contributed by atoms with E-state index in [0.29, 0.717) is 6.54 Å². The molecule has 0 spiro atoms. The van der Waals surface area contributed by atoms with Crippen molar-refractivity contribution >= 4 is 16.5 Å². The molecule has 0 aromatic carbocycles. The van der Waals surface area contributed by atoms with E-state index in [9.17, 15) is 0 Å². The molecule has 4 nitrogen and oxygen atoms in total. The van der Waals surface area contributed by atoms with Gasteiger partial charge in [-0.15, -0.1) is 10.2 Å². The Labute approximate surface area is 79.7 Å². The van der Waals surface area contributed by atoms with Gasteiger partial charge in [0.15, 0.2) is 0 Å². The van der Waals surface area contributed by atoms with Crippen LogP contribution in [0, 0.1) is 0 Å². The van der Waals surface area contributed by atoms with Crippen LogP contribution in [0.25, 0.3) is 0 Å². The number of hydrogen-bond donors (Lipinski definition) is 1. The molecule has 0 bridgehead atoms. The Morgan fingerprint density at radius 2 is 2.38 bits per heavy atom. The van der Waals surface area contributed by atoms with Crippen molar-refractivity contribution in [1.29, 1.82) is 0 Å². The molecular weight excluding hydrogens is 184 g/mol. The second-order valence-corrected chi connectivity index (χ2v) is 3.25. The van der Waals surface area contributed by atoms with Gasteiger partial charge in [0.05, 0.1) is 12.2 Å². The summed E-state index contributed by atoms with van der Waals surface area (Å²) in [5, 5.41) is 11.5. The van der Waals surface area contributed by atoms with Gasteiger partial charge in [0, 0.05) is 6.20 Å². The van der Waals surface area contributed by atoms with Crippen LogP contribution in [0.15, 0.2) is 29.9 Å². The van der Waals surface area contributed by atoms with Crippen LogP contribution in [0.2, 0.25) is 0 Å². The number of rotatable bonds is 3. The molecule has 2 rings (SSSR count). The Balaban J connectivity index is 1.94. The number of nitrogens with one attached hydrogen (secondary N) is 1. The monoisotopic (exact) mass is 192 g/mol. The number of nitrogens with zero attached hydrogens (tertiary/aromatic N) is 3. The van der Waals surface area contributed by atoms with Crippen molar-refractivity contribution in [2.24, 2.45) is 0 Å². The molecule has 5 heteroatoms. The van der Waals surface area contributed by atoms with Gasteiger partial charge in [-0.3, -0.25) is 4.98 Å². The molecule has 2 heterocycles. The number of anilines is 1. The van der Waals surface area contributed by atoms with E-state index in [-0.39, 0.29) is 0 Å². The summed E-state index contributed by atoms with van der Waals surface area (Å²) in [6.07, 6.45) is 1.77. The van der Waals surface area contributed by atoms with Gasteiger partial charge in [-0.1, -0.05) is 17.4 Å². The highest BCUT2D eigenvalue weighted by molar-refractivity contribution is 7.13. The lowest BCUT2D eigenvalue weighted by Crippen LogP contribution is -2.00. The molecule has 0 aliphatic heterocycles. The molecule has 0 aliphatic carbocycles. The zero-order valence-corrected chi connectivity index (χ0v) is 7.66. The molecule has 2 aromatic rings. The predicted octanol–water partition coefficient (Wildman–Crippen LogP) is 1.55. The molecule has 0 aliphatic rings. The standard InChI is InChI=1S/C8H8N4S/c1-2-4-9-7(3-1)5-10-8-12-11-6-13-8/h1-4,6H,5H2,(H,10,12). The van der Waals surface area contributed by atoms with Gasteiger partial charge in [-0.2, -0.15) is 0 Å². The Hall–Kier alpha value is -1.49. The minimum atomic E-state index is 0.691. The van der Waals surface area contributed by atoms with Crippen molar-refractivity contribution in [1.82, 2.24) is 15.2 Å². The largest absolute Gasteiger partial charge is 0.354 e. The van der Waals surface area contributed by atoms with Crippen molar-refractivity contribution in [3.8, 4) is 0 Å². The quantitative estimate of drug-likeness (QED) is 0.801. The third-order valence-electron chi connectivity index (χ3n) is 1.51. The summed E-state index contributed by atoms with van der Waals surface area (Å²) in [5.74, 6) is 0. The van der Waals surface area contributed by atoms with Crippen molar-refractivity contribution in [3.05, 3.63) is 35.6 Å². The molecule has 1 N–H and O–H groups in total. The third kappa shape index (κ3) is 2.22. The van der Waals surface area contributed by atoms with Crippen LogP contribution in [0.4, 0.5) is 5.13 Å². The van der Waals surface area contributed by atoms with E-state index in [1.807, 2.05) is 18.2 Å². The smallest absolute Gasteiger partial charge is 0.205 e. The molecule has 0 saturated carbocycles. The minimum Gasteiger partial charge on any atom is -0.354 e. The first-order chi connectivity index (χ1) is 6.45. The Morgan fingerprint density at radius 1 is 1.38 bits per heavy atom. The second kappa shape index (κ2) is 3.95. The summed E-state index contributed by atoms with van der Waals surface area (Å²) in [6.45, 7) is 0.691. The van der Waals surface area contributed by atoms with Gasteiger partial charge in [-0.25, -0.2) is 0 Å². The highest BCUT2D eigenvalue weighted by atomic mass is 32.1. The first-order valence-corrected chi connectivity index (χ1v) is 4.73. The lowest BCUT2D eigenvalue weighted by molar-refractivity contribution is 1.01. The SMILES string of the molecule is c1ccc(CNc2nncs2)nc1. The molecular formula is C8H8N4S. The van der Waals surface area contributed by atoms with Gasteiger partial charge in [0.1, 0.15) is 5.51 Å². The van der Waals surface area contributed by atoms with Gasteiger partial charge < -0.3 is 5.32 Å². The second-order valence-electron chi connectivity index (χ2n) is 2.42. The molecule has 0 fully saturated rings. The predicted molar refractivity (Wildman–Crippen MR) is 51.5 cm³/mol. The maximum absolute atomic E-state index is 4.17. The number of hydrogen-bond acceptors (Lipinski definition) is 5. The fraction of sp³-hybridized carbons (Fsp3) is 0.125. The average molecular weight is 192 g/mol. The normalized spacial score (nSPS) is 9.85. The van der Waals surface area contributed by atoms with Crippen LogP contribution in [0.3, 0.4) is 0 Å². The third-order valence-corrected chi connectivity index (χ3v) is 2.16. The lowest BCUT2D eigenvalue weighted by Gasteiger charge is -1.99. The van der Waals surface area contributed by atoms with Gasteiger partial charge >= 0.3 is 0 Å². The highest BCUT2D eigenvalue weighted by Crippen LogP contribution is 2.08. The van der Waals surface area contributed by atoms with Gasteiger partial charge in [0.2, 0.25) is 5.13 Å². The van der Waals surface area contributed by atoms with E-state index < -0.39 is 0 Å². The first kappa shape index (κ1) is 8.12. The summed E-state index contributed by atoms with van der Waals surface area (Å²) in [7, 11) is 0. The minimum absolute atomic E-state index is 0.691. The van der Waals surface area contributed by atoms with E-state index in [4.69, 9.17) is 0 Å². The summed E-state index contributed by atoms with van der Waals surface area (Å²) in [4.78, 5) is 4.17. The van der Waals surface area contributed by atoms with Crippen molar-refractivity contribution < 1.29 is 0 Å². The number of aromatic nitrogens is 3. The molecule has 0 atom stereocenters. The van der Waals surface area contributed by atoms with Crippen molar-refractivity contribution in [2.75, 3.05) is 5.32 Å². The summed E-state index contributed by atoms with van der Waals surface area (Å²) in [5.41, 5.74) is 2.69.